The molecule has 4 aliphatic rings. The Hall–Kier alpha value is -3.90. The SMILES string of the molecule is C=C1CCC(CNCc2c(CC)cc(N3/C=C\C(=C)/C(c4cccc(C(=C)C5CC(CN6CC(C)(C(=C)C)C6)=C5CC)c4Cl)=C\C=N/3)cc2CC)N1. The first-order valence-corrected chi connectivity index (χ1v) is 19.6. The van der Waals surface area contributed by atoms with Crippen molar-refractivity contribution in [2.45, 2.75) is 85.7 Å². The number of likely N-dealkylation sites (tertiary alicyclic amines) is 1. The van der Waals surface area contributed by atoms with Crippen molar-refractivity contribution in [2.24, 2.45) is 16.4 Å². The summed E-state index contributed by atoms with van der Waals surface area (Å²) in [6, 6.07) is 11.3. The van der Waals surface area contributed by atoms with Gasteiger partial charge in [-0.05, 0) is 109 Å². The molecular formula is C46H58ClN5. The summed E-state index contributed by atoms with van der Waals surface area (Å²) >= 11 is 7.24. The number of allylic oxidation sites excluding steroid dienone is 7. The standard InChI is InChI=1S/C46H58ClN5/c1-10-34-22-38(23-35(11-2)44(34)26-48-25-37-17-16-32(7)50-37)52-21-19-31(6)40(18-20-49-52)42-15-13-14-41(45(42)47)33(8)43-24-36(39(43)12-3)27-51-28-46(9,29-51)30(4)5/h13-15,18-23,37,43,48,50H,4,6-8,10-12,16-17,24-29H2,1-3,5,9H3/b21-19-,40-18+,49-20-. The van der Waals surface area contributed by atoms with Crippen molar-refractivity contribution >= 4 is 34.6 Å². The minimum Gasteiger partial charge on any atom is -0.385 e. The second kappa shape index (κ2) is 16.0. The summed E-state index contributed by atoms with van der Waals surface area (Å²) in [6.07, 6.45) is 14.2. The molecule has 1 aliphatic carbocycles. The van der Waals surface area contributed by atoms with Crippen molar-refractivity contribution < 1.29 is 0 Å². The molecule has 2 saturated heterocycles. The van der Waals surface area contributed by atoms with Crippen molar-refractivity contribution in [2.75, 3.05) is 31.2 Å². The Balaban J connectivity index is 1.16. The predicted molar refractivity (Wildman–Crippen MR) is 225 cm³/mol. The van der Waals surface area contributed by atoms with Gasteiger partial charge in [0.25, 0.3) is 0 Å². The van der Waals surface area contributed by atoms with Crippen LogP contribution in [0.15, 0.2) is 108 Å². The van der Waals surface area contributed by atoms with Gasteiger partial charge in [-0.2, -0.15) is 5.10 Å². The van der Waals surface area contributed by atoms with Crippen LogP contribution in [0.1, 0.15) is 88.1 Å². The Bertz CT molecular complexity index is 1860. The average molecular weight is 716 g/mol. The van der Waals surface area contributed by atoms with E-state index >= 15 is 0 Å². The van der Waals surface area contributed by atoms with E-state index in [0.29, 0.717) is 12.0 Å². The van der Waals surface area contributed by atoms with E-state index < -0.39 is 0 Å². The molecule has 0 amide bonds. The lowest BCUT2D eigenvalue weighted by atomic mass is 9.69. The van der Waals surface area contributed by atoms with Crippen molar-refractivity contribution in [3.63, 3.8) is 0 Å². The summed E-state index contributed by atoms with van der Waals surface area (Å²) in [5, 5.41) is 14.8. The number of hydrogen-bond acceptors (Lipinski definition) is 5. The van der Waals surface area contributed by atoms with Crippen LogP contribution in [-0.4, -0.2) is 43.3 Å². The van der Waals surface area contributed by atoms with Gasteiger partial charge in [0.2, 0.25) is 0 Å². The van der Waals surface area contributed by atoms with Gasteiger partial charge >= 0.3 is 0 Å². The molecule has 6 rings (SSSR count). The summed E-state index contributed by atoms with van der Waals surface area (Å²) in [5.74, 6) is 0.332. The van der Waals surface area contributed by atoms with Crippen LogP contribution in [0.2, 0.25) is 5.02 Å². The monoisotopic (exact) mass is 715 g/mol. The van der Waals surface area contributed by atoms with Gasteiger partial charge in [0.15, 0.2) is 0 Å². The molecule has 3 heterocycles. The quantitative estimate of drug-likeness (QED) is 0.191. The molecule has 0 spiro atoms. The normalized spacial score (nSPS) is 23.6. The Morgan fingerprint density at radius 1 is 1.08 bits per heavy atom. The minimum absolute atomic E-state index is 0.255. The van der Waals surface area contributed by atoms with E-state index in [9.17, 15) is 0 Å². The average Bonchev–Trinajstić information content (AvgIpc) is 3.52. The summed E-state index contributed by atoms with van der Waals surface area (Å²) in [5.41, 5.74) is 15.9. The highest BCUT2D eigenvalue weighted by molar-refractivity contribution is 6.34. The van der Waals surface area contributed by atoms with Gasteiger partial charge in [0, 0.05) is 73.8 Å². The number of benzene rings is 2. The van der Waals surface area contributed by atoms with Crippen LogP contribution in [-0.2, 0) is 19.4 Å². The Morgan fingerprint density at radius 2 is 1.81 bits per heavy atom. The van der Waals surface area contributed by atoms with Crippen LogP contribution in [0.4, 0.5) is 5.69 Å². The molecule has 5 nitrogen and oxygen atoms in total. The molecule has 2 unspecified atom stereocenters. The number of nitrogens with zero attached hydrogens (tertiary/aromatic N) is 3. The Kier molecular flexibility index (Phi) is 11.6. The molecule has 0 aromatic heterocycles. The molecule has 274 valence electrons. The third-order valence-corrected chi connectivity index (χ3v) is 12.3. The molecule has 2 aromatic rings. The highest BCUT2D eigenvalue weighted by Crippen LogP contribution is 2.48. The second-order valence-corrected chi connectivity index (χ2v) is 15.9. The van der Waals surface area contributed by atoms with Crippen LogP contribution in [0.25, 0.3) is 11.1 Å². The van der Waals surface area contributed by atoms with E-state index in [-0.39, 0.29) is 5.41 Å². The van der Waals surface area contributed by atoms with Gasteiger partial charge in [0.05, 0.1) is 10.7 Å². The smallest absolute Gasteiger partial charge is 0.0651 e. The van der Waals surface area contributed by atoms with E-state index in [1.54, 1.807) is 5.57 Å². The topological polar surface area (TPSA) is 42.9 Å². The van der Waals surface area contributed by atoms with Gasteiger partial charge in [0.1, 0.15) is 0 Å². The molecule has 2 atom stereocenters. The number of nitrogens with one attached hydrogen (secondary N) is 2. The third kappa shape index (κ3) is 7.74. The molecule has 0 bridgehead atoms. The summed E-state index contributed by atoms with van der Waals surface area (Å²) in [6.45, 7) is 33.6. The molecule has 2 aromatic carbocycles. The van der Waals surface area contributed by atoms with E-state index in [1.165, 1.54) is 27.8 Å². The molecular weight excluding hydrogens is 658 g/mol. The maximum Gasteiger partial charge on any atom is 0.0651 e. The largest absolute Gasteiger partial charge is 0.385 e. The number of anilines is 1. The highest BCUT2D eigenvalue weighted by atomic mass is 35.5. The molecule has 2 N–H and O–H groups in total. The number of hydrogen-bond donors (Lipinski definition) is 2. The molecule has 0 saturated carbocycles. The fourth-order valence-electron chi connectivity index (χ4n) is 8.45. The first-order valence-electron chi connectivity index (χ1n) is 19.2. The van der Waals surface area contributed by atoms with Crippen molar-refractivity contribution in [3.8, 4) is 0 Å². The molecule has 6 heteroatoms. The first kappa shape index (κ1) is 37.8. The van der Waals surface area contributed by atoms with E-state index in [4.69, 9.17) is 16.7 Å². The van der Waals surface area contributed by atoms with Crippen LogP contribution in [0.5, 0.6) is 0 Å². The fraction of sp³-hybridized carbons (Fsp3) is 0.413. The maximum atomic E-state index is 7.24. The summed E-state index contributed by atoms with van der Waals surface area (Å²) < 4.78 is 0. The van der Waals surface area contributed by atoms with Crippen LogP contribution < -0.4 is 15.6 Å². The Labute approximate surface area is 318 Å². The zero-order valence-corrected chi connectivity index (χ0v) is 32.9. The van der Waals surface area contributed by atoms with Crippen molar-refractivity contribution in [3.05, 3.63) is 136 Å². The first-order chi connectivity index (χ1) is 25.0. The zero-order chi connectivity index (χ0) is 37.2. The number of rotatable bonds is 14. The van der Waals surface area contributed by atoms with Crippen LogP contribution in [0, 0.1) is 11.3 Å². The van der Waals surface area contributed by atoms with Gasteiger partial charge in [-0.3, -0.25) is 4.90 Å². The van der Waals surface area contributed by atoms with E-state index in [1.807, 2.05) is 29.6 Å². The van der Waals surface area contributed by atoms with E-state index in [2.05, 4.69) is 107 Å². The lowest BCUT2D eigenvalue weighted by Crippen LogP contribution is -2.56. The predicted octanol–water partition coefficient (Wildman–Crippen LogP) is 10.4. The summed E-state index contributed by atoms with van der Waals surface area (Å²) in [4.78, 5) is 2.56. The molecule has 0 radical (unpaired) electrons. The van der Waals surface area contributed by atoms with Gasteiger partial charge in [-0.15, -0.1) is 0 Å². The molecule has 52 heavy (non-hydrogen) atoms. The van der Waals surface area contributed by atoms with E-state index in [0.717, 1.165) is 116 Å². The summed E-state index contributed by atoms with van der Waals surface area (Å²) in [7, 11) is 0. The van der Waals surface area contributed by atoms with Crippen LogP contribution >= 0.6 is 11.6 Å². The molecule has 3 aliphatic heterocycles. The maximum absolute atomic E-state index is 7.24. The van der Waals surface area contributed by atoms with Gasteiger partial charge in [-0.1, -0.05) is 101 Å². The Morgan fingerprint density at radius 3 is 2.44 bits per heavy atom. The number of aryl methyl sites for hydroxylation is 2. The highest BCUT2D eigenvalue weighted by Gasteiger charge is 2.41. The zero-order valence-electron chi connectivity index (χ0n) is 32.2. The second-order valence-electron chi connectivity index (χ2n) is 15.5. The minimum atomic E-state index is 0.255. The van der Waals surface area contributed by atoms with Gasteiger partial charge < -0.3 is 10.6 Å². The number of halogens is 1. The number of hydrazone groups is 1. The fourth-order valence-corrected chi connectivity index (χ4v) is 8.80. The lowest BCUT2D eigenvalue weighted by molar-refractivity contribution is 0.0525. The van der Waals surface area contributed by atoms with Crippen LogP contribution in [0.3, 0.4) is 0 Å². The van der Waals surface area contributed by atoms with Gasteiger partial charge in [-0.25, -0.2) is 5.01 Å². The van der Waals surface area contributed by atoms with Crippen molar-refractivity contribution in [1.82, 2.24) is 15.5 Å². The van der Waals surface area contributed by atoms with Crippen molar-refractivity contribution in [1.29, 1.82) is 0 Å². The molecule has 2 fully saturated rings. The lowest BCUT2D eigenvalue weighted by Gasteiger charge is -2.50. The third-order valence-electron chi connectivity index (χ3n) is 11.9.